The Balaban J connectivity index is 2.37. The number of ether oxygens (including phenoxy) is 2. The summed E-state index contributed by atoms with van der Waals surface area (Å²) in [6.45, 7) is 0. The van der Waals surface area contributed by atoms with Crippen LogP contribution in [-0.4, -0.2) is 32.4 Å². The summed E-state index contributed by atoms with van der Waals surface area (Å²) in [6.07, 6.45) is 1.57. The number of carbonyl (C=O) groups excluding carboxylic acids is 2. The summed E-state index contributed by atoms with van der Waals surface area (Å²) in [5.41, 5.74) is 2.13. The molecular weight excluding hydrogens is 308 g/mol. The molecule has 0 aromatic heterocycles. The van der Waals surface area contributed by atoms with E-state index in [2.05, 4.69) is 14.5 Å². The number of methoxy groups -OCH3 is 2. The lowest BCUT2D eigenvalue weighted by atomic mass is 10.1. The maximum absolute atomic E-state index is 11.7. The zero-order valence-corrected chi connectivity index (χ0v) is 13.1. The summed E-state index contributed by atoms with van der Waals surface area (Å²) in [4.78, 5) is 27.7. The second-order valence-corrected chi connectivity index (χ2v) is 4.74. The van der Waals surface area contributed by atoms with Gasteiger partial charge in [-0.15, -0.1) is 0 Å². The van der Waals surface area contributed by atoms with E-state index in [1.54, 1.807) is 30.5 Å². The van der Waals surface area contributed by atoms with Crippen LogP contribution < -0.4 is 0 Å². The van der Waals surface area contributed by atoms with Gasteiger partial charge < -0.3 is 9.47 Å². The molecule has 0 saturated carbocycles. The third-order valence-corrected chi connectivity index (χ3v) is 3.16. The highest BCUT2D eigenvalue weighted by atomic mass is 16.5. The number of aliphatic imine (C=N–C) groups is 1. The number of carbonyl (C=O) groups is 2. The number of rotatable bonds is 4. The molecule has 2 rings (SSSR count). The predicted molar refractivity (Wildman–Crippen MR) is 87.5 cm³/mol. The Morgan fingerprint density at radius 3 is 2.00 bits per heavy atom. The molecule has 0 unspecified atom stereocenters. The largest absolute Gasteiger partial charge is 0.465 e. The molecule has 0 N–H and O–H groups in total. The van der Waals surface area contributed by atoms with Crippen molar-refractivity contribution in [2.24, 2.45) is 4.99 Å². The van der Waals surface area contributed by atoms with Crippen molar-refractivity contribution in [1.29, 1.82) is 5.26 Å². The lowest BCUT2D eigenvalue weighted by molar-refractivity contribution is 0.0599. The second kappa shape index (κ2) is 7.70. The summed E-state index contributed by atoms with van der Waals surface area (Å²) in [7, 11) is 2.51. The van der Waals surface area contributed by atoms with E-state index in [4.69, 9.17) is 5.26 Å². The minimum Gasteiger partial charge on any atom is -0.465 e. The molecular formula is C18H14N2O4. The first-order chi connectivity index (χ1) is 11.6. The molecule has 2 aromatic carbocycles. The molecule has 24 heavy (non-hydrogen) atoms. The van der Waals surface area contributed by atoms with Crippen molar-refractivity contribution < 1.29 is 19.1 Å². The summed E-state index contributed by atoms with van der Waals surface area (Å²) >= 11 is 0. The number of hydrogen-bond acceptors (Lipinski definition) is 6. The average molecular weight is 322 g/mol. The summed E-state index contributed by atoms with van der Waals surface area (Å²) in [6, 6.07) is 13.3. The first-order valence-corrected chi connectivity index (χ1v) is 6.93. The lowest BCUT2D eigenvalue weighted by Crippen LogP contribution is -2.06. The predicted octanol–water partition coefficient (Wildman–Crippen LogP) is 2.88. The highest BCUT2D eigenvalue weighted by Gasteiger charge is 2.13. The van der Waals surface area contributed by atoms with E-state index in [-0.39, 0.29) is 11.1 Å². The first kappa shape index (κ1) is 16.9. The normalized spacial score (nSPS) is 10.2. The molecule has 0 saturated heterocycles. The van der Waals surface area contributed by atoms with Crippen LogP contribution in [0, 0.1) is 11.3 Å². The molecule has 0 fully saturated rings. The Labute approximate surface area is 139 Å². The number of nitriles is 1. The Kier molecular flexibility index (Phi) is 5.42. The van der Waals surface area contributed by atoms with Crippen molar-refractivity contribution >= 4 is 23.8 Å². The smallest absolute Gasteiger partial charge is 0.337 e. The van der Waals surface area contributed by atoms with Crippen LogP contribution in [-0.2, 0) is 9.47 Å². The maximum atomic E-state index is 11.7. The number of nitrogens with zero attached hydrogens (tertiary/aromatic N) is 2. The van der Waals surface area contributed by atoms with Gasteiger partial charge in [-0.2, -0.15) is 5.26 Å². The first-order valence-electron chi connectivity index (χ1n) is 6.93. The molecule has 2 aromatic rings. The van der Waals surface area contributed by atoms with Gasteiger partial charge in [-0.25, -0.2) is 9.59 Å². The molecule has 120 valence electrons. The lowest BCUT2D eigenvalue weighted by Gasteiger charge is -2.05. The van der Waals surface area contributed by atoms with Crippen LogP contribution in [0.25, 0.3) is 0 Å². The number of benzene rings is 2. The quantitative estimate of drug-likeness (QED) is 0.638. The van der Waals surface area contributed by atoms with E-state index in [0.717, 1.165) is 5.56 Å². The Hall–Kier alpha value is -3.46. The summed E-state index contributed by atoms with van der Waals surface area (Å²) in [5, 5.41) is 8.78. The summed E-state index contributed by atoms with van der Waals surface area (Å²) in [5.74, 6) is -1.15. The van der Waals surface area contributed by atoms with Crippen molar-refractivity contribution in [1.82, 2.24) is 0 Å². The fourth-order valence-electron chi connectivity index (χ4n) is 1.95. The zero-order chi connectivity index (χ0) is 17.5. The van der Waals surface area contributed by atoms with Gasteiger partial charge >= 0.3 is 11.9 Å². The van der Waals surface area contributed by atoms with Gasteiger partial charge in [0.25, 0.3) is 0 Å². The fraction of sp³-hybridized carbons (Fsp3) is 0.111. The van der Waals surface area contributed by atoms with Crippen molar-refractivity contribution in [2.75, 3.05) is 14.2 Å². The molecule has 6 nitrogen and oxygen atoms in total. The van der Waals surface area contributed by atoms with Crippen LogP contribution in [0.1, 0.15) is 31.8 Å². The zero-order valence-electron chi connectivity index (χ0n) is 13.1. The van der Waals surface area contributed by atoms with Crippen LogP contribution >= 0.6 is 0 Å². The molecule has 0 radical (unpaired) electrons. The van der Waals surface area contributed by atoms with Crippen molar-refractivity contribution in [2.45, 2.75) is 0 Å². The van der Waals surface area contributed by atoms with Crippen LogP contribution in [0.15, 0.2) is 47.5 Å². The van der Waals surface area contributed by atoms with Crippen molar-refractivity contribution in [3.63, 3.8) is 0 Å². The van der Waals surface area contributed by atoms with Gasteiger partial charge in [0.15, 0.2) is 0 Å². The molecule has 0 aliphatic heterocycles. The Morgan fingerprint density at radius 1 is 1.00 bits per heavy atom. The average Bonchev–Trinajstić information content (AvgIpc) is 2.65. The van der Waals surface area contributed by atoms with E-state index < -0.39 is 11.9 Å². The number of esters is 2. The molecule has 0 aliphatic carbocycles. The minimum atomic E-state index is -0.574. The second-order valence-electron chi connectivity index (χ2n) is 4.74. The highest BCUT2D eigenvalue weighted by molar-refractivity contribution is 5.97. The van der Waals surface area contributed by atoms with Gasteiger partial charge in [0.2, 0.25) is 0 Å². The molecule has 0 atom stereocenters. The third kappa shape index (κ3) is 4.05. The Morgan fingerprint density at radius 2 is 1.54 bits per heavy atom. The minimum absolute atomic E-state index is 0.201. The third-order valence-electron chi connectivity index (χ3n) is 3.16. The van der Waals surface area contributed by atoms with Crippen molar-refractivity contribution in [3.8, 4) is 6.07 Å². The van der Waals surface area contributed by atoms with E-state index in [1.165, 1.54) is 32.4 Å². The molecule has 0 heterocycles. The van der Waals surface area contributed by atoms with Gasteiger partial charge in [-0.3, -0.25) is 4.99 Å². The molecule has 6 heteroatoms. The SMILES string of the molecule is COC(=O)c1cc(N=Cc2ccc(C#N)cc2)cc(C(=O)OC)c1. The van der Waals surface area contributed by atoms with Crippen LogP contribution in [0.4, 0.5) is 5.69 Å². The van der Waals surface area contributed by atoms with Gasteiger partial charge in [0, 0.05) is 6.21 Å². The standard InChI is InChI=1S/C18H14N2O4/c1-23-17(21)14-7-15(18(22)24-2)9-16(8-14)20-11-13-5-3-12(10-19)4-6-13/h3-9,11H,1-2H3. The van der Waals surface area contributed by atoms with E-state index in [0.29, 0.717) is 11.3 Å². The van der Waals surface area contributed by atoms with Gasteiger partial charge in [-0.1, -0.05) is 12.1 Å². The highest BCUT2D eigenvalue weighted by Crippen LogP contribution is 2.19. The van der Waals surface area contributed by atoms with Crippen LogP contribution in [0.2, 0.25) is 0 Å². The Bertz CT molecular complexity index is 799. The molecule has 0 bridgehead atoms. The monoisotopic (exact) mass is 322 g/mol. The number of hydrogen-bond donors (Lipinski definition) is 0. The van der Waals surface area contributed by atoms with Gasteiger partial charge in [-0.05, 0) is 35.9 Å². The fourth-order valence-corrected chi connectivity index (χ4v) is 1.95. The van der Waals surface area contributed by atoms with Crippen molar-refractivity contribution in [3.05, 3.63) is 64.7 Å². The topological polar surface area (TPSA) is 88.8 Å². The van der Waals surface area contributed by atoms with E-state index in [9.17, 15) is 9.59 Å². The van der Waals surface area contributed by atoms with Crippen LogP contribution in [0.3, 0.4) is 0 Å². The van der Waals surface area contributed by atoms with E-state index in [1.807, 2.05) is 6.07 Å². The molecule has 0 spiro atoms. The van der Waals surface area contributed by atoms with Gasteiger partial charge in [0.05, 0.1) is 42.7 Å². The molecule has 0 aliphatic rings. The van der Waals surface area contributed by atoms with Crippen LogP contribution in [0.5, 0.6) is 0 Å². The van der Waals surface area contributed by atoms with Gasteiger partial charge in [0.1, 0.15) is 0 Å². The molecule has 0 amide bonds. The summed E-state index contributed by atoms with van der Waals surface area (Å²) < 4.78 is 9.35. The maximum Gasteiger partial charge on any atom is 0.337 e. The van der Waals surface area contributed by atoms with E-state index >= 15 is 0 Å².